The minimum atomic E-state index is 0.250. The van der Waals surface area contributed by atoms with Crippen molar-refractivity contribution in [3.63, 3.8) is 0 Å². The fourth-order valence-electron chi connectivity index (χ4n) is 2.11. The summed E-state index contributed by atoms with van der Waals surface area (Å²) in [5.74, 6) is 7.08. The Bertz CT molecular complexity index is 570. The summed E-state index contributed by atoms with van der Waals surface area (Å²) >= 11 is 0. The van der Waals surface area contributed by atoms with Gasteiger partial charge in [0.1, 0.15) is 0 Å². The number of hydrogen-bond acceptors (Lipinski definition) is 0. The molecule has 0 N–H and O–H groups in total. The molecular formula is C19H18. The monoisotopic (exact) mass is 246 g/mol. The van der Waals surface area contributed by atoms with Crippen LogP contribution in [0.5, 0.6) is 0 Å². The Hall–Kier alpha value is -2.26. The highest BCUT2D eigenvalue weighted by molar-refractivity contribution is 5.36. The molecule has 2 atom stereocenters. The second-order valence-electron chi connectivity index (χ2n) is 4.60. The maximum absolute atomic E-state index is 3.95. The van der Waals surface area contributed by atoms with Gasteiger partial charge in [0.15, 0.2) is 0 Å². The molecule has 0 spiro atoms. The summed E-state index contributed by atoms with van der Waals surface area (Å²) in [5.41, 5.74) is 2.33. The third-order valence-corrected chi connectivity index (χ3v) is 3.20. The van der Waals surface area contributed by atoms with E-state index in [0.29, 0.717) is 0 Å². The van der Waals surface area contributed by atoms with Gasteiger partial charge < -0.3 is 0 Å². The van der Waals surface area contributed by atoms with Crippen molar-refractivity contribution < 1.29 is 0 Å². The van der Waals surface area contributed by atoms with Crippen molar-refractivity contribution in [2.24, 2.45) is 5.92 Å². The molecule has 0 fully saturated rings. The SMILES string of the molecule is C=C[C@@H](c1ccccc1)[C@H](C)C#Cc1ccccc1. The second kappa shape index (κ2) is 6.61. The van der Waals surface area contributed by atoms with E-state index in [0.717, 1.165) is 5.56 Å². The van der Waals surface area contributed by atoms with Gasteiger partial charge in [-0.1, -0.05) is 73.4 Å². The minimum Gasteiger partial charge on any atom is -0.102 e. The van der Waals surface area contributed by atoms with Crippen LogP contribution in [0.25, 0.3) is 0 Å². The summed E-state index contributed by atoms with van der Waals surface area (Å²) < 4.78 is 0. The molecule has 2 rings (SSSR count). The molecule has 0 radical (unpaired) electrons. The normalized spacial score (nSPS) is 12.9. The van der Waals surface area contributed by atoms with E-state index in [1.54, 1.807) is 0 Å². The predicted octanol–water partition coefficient (Wildman–Crippen LogP) is 4.64. The summed E-state index contributed by atoms with van der Waals surface area (Å²) in [6.45, 7) is 6.09. The molecule has 0 saturated carbocycles. The zero-order valence-corrected chi connectivity index (χ0v) is 11.2. The van der Waals surface area contributed by atoms with Crippen LogP contribution >= 0.6 is 0 Å². The first kappa shape index (κ1) is 13.2. The molecule has 0 bridgehead atoms. The topological polar surface area (TPSA) is 0 Å². The van der Waals surface area contributed by atoms with Crippen molar-refractivity contribution in [2.45, 2.75) is 12.8 Å². The lowest BCUT2D eigenvalue weighted by atomic mass is 9.87. The molecule has 0 heterocycles. The van der Waals surface area contributed by atoms with Crippen LogP contribution in [-0.2, 0) is 0 Å². The van der Waals surface area contributed by atoms with Crippen molar-refractivity contribution in [3.8, 4) is 11.8 Å². The molecule has 0 heteroatoms. The van der Waals surface area contributed by atoms with Crippen molar-refractivity contribution >= 4 is 0 Å². The van der Waals surface area contributed by atoms with Crippen LogP contribution in [0, 0.1) is 17.8 Å². The van der Waals surface area contributed by atoms with E-state index in [1.165, 1.54) is 5.56 Å². The smallest absolute Gasteiger partial charge is 0.0281 e. The van der Waals surface area contributed by atoms with Crippen molar-refractivity contribution in [1.82, 2.24) is 0 Å². The molecule has 0 aliphatic carbocycles. The van der Waals surface area contributed by atoms with Crippen molar-refractivity contribution in [3.05, 3.63) is 84.4 Å². The van der Waals surface area contributed by atoms with Gasteiger partial charge in [-0.05, 0) is 17.7 Å². The zero-order valence-electron chi connectivity index (χ0n) is 11.2. The van der Waals surface area contributed by atoms with E-state index in [2.05, 4.69) is 49.6 Å². The lowest BCUT2D eigenvalue weighted by Crippen LogP contribution is -2.05. The fourth-order valence-corrected chi connectivity index (χ4v) is 2.11. The predicted molar refractivity (Wildman–Crippen MR) is 81.9 cm³/mol. The summed E-state index contributed by atoms with van der Waals surface area (Å²) in [5, 5.41) is 0. The van der Waals surface area contributed by atoms with Crippen LogP contribution in [0.3, 0.4) is 0 Å². The molecular weight excluding hydrogens is 228 g/mol. The highest BCUT2D eigenvalue weighted by atomic mass is 14.2. The zero-order chi connectivity index (χ0) is 13.5. The molecule has 0 unspecified atom stereocenters. The first-order valence-electron chi connectivity index (χ1n) is 6.55. The van der Waals surface area contributed by atoms with Crippen molar-refractivity contribution in [2.75, 3.05) is 0 Å². The van der Waals surface area contributed by atoms with E-state index in [-0.39, 0.29) is 11.8 Å². The molecule has 0 aromatic heterocycles. The summed E-state index contributed by atoms with van der Waals surface area (Å²) in [6, 6.07) is 20.5. The highest BCUT2D eigenvalue weighted by Crippen LogP contribution is 2.25. The van der Waals surface area contributed by atoms with E-state index in [9.17, 15) is 0 Å². The van der Waals surface area contributed by atoms with Gasteiger partial charge >= 0.3 is 0 Å². The number of hydrogen-bond donors (Lipinski definition) is 0. The molecule has 0 aliphatic rings. The number of allylic oxidation sites excluding steroid dienone is 1. The van der Waals surface area contributed by atoms with Gasteiger partial charge in [0.05, 0.1) is 0 Å². The molecule has 2 aromatic carbocycles. The van der Waals surface area contributed by atoms with Crippen LogP contribution in [0.2, 0.25) is 0 Å². The largest absolute Gasteiger partial charge is 0.102 e. The van der Waals surface area contributed by atoms with Gasteiger partial charge in [-0.3, -0.25) is 0 Å². The second-order valence-corrected chi connectivity index (χ2v) is 4.60. The van der Waals surface area contributed by atoms with Crippen molar-refractivity contribution in [1.29, 1.82) is 0 Å². The van der Waals surface area contributed by atoms with Gasteiger partial charge in [0.2, 0.25) is 0 Å². The molecule has 0 nitrogen and oxygen atoms in total. The molecule has 0 amide bonds. The minimum absolute atomic E-state index is 0.250. The molecule has 0 saturated heterocycles. The van der Waals surface area contributed by atoms with Crippen LogP contribution in [-0.4, -0.2) is 0 Å². The van der Waals surface area contributed by atoms with Gasteiger partial charge in [0.25, 0.3) is 0 Å². The Labute approximate surface area is 115 Å². The first-order valence-corrected chi connectivity index (χ1v) is 6.55. The fraction of sp³-hybridized carbons (Fsp3) is 0.158. The van der Waals surface area contributed by atoms with E-state index in [1.807, 2.05) is 42.5 Å². The number of rotatable bonds is 3. The summed E-state index contributed by atoms with van der Waals surface area (Å²) in [4.78, 5) is 0. The third-order valence-electron chi connectivity index (χ3n) is 3.20. The average Bonchev–Trinajstić information content (AvgIpc) is 2.48. The van der Waals surface area contributed by atoms with Gasteiger partial charge in [-0.15, -0.1) is 6.58 Å². The van der Waals surface area contributed by atoms with Crippen LogP contribution < -0.4 is 0 Å². The Morgan fingerprint density at radius 1 is 0.947 bits per heavy atom. The Kier molecular flexibility index (Phi) is 4.59. The lowest BCUT2D eigenvalue weighted by molar-refractivity contribution is 0.665. The van der Waals surface area contributed by atoms with Gasteiger partial charge in [-0.2, -0.15) is 0 Å². The molecule has 19 heavy (non-hydrogen) atoms. The first-order chi connectivity index (χ1) is 9.31. The molecule has 2 aromatic rings. The molecule has 0 aliphatic heterocycles. The highest BCUT2D eigenvalue weighted by Gasteiger charge is 2.13. The average molecular weight is 246 g/mol. The van der Waals surface area contributed by atoms with Gasteiger partial charge in [0, 0.05) is 17.4 Å². The summed E-state index contributed by atoms with van der Waals surface area (Å²) in [7, 11) is 0. The molecule has 94 valence electrons. The number of benzene rings is 2. The van der Waals surface area contributed by atoms with E-state index < -0.39 is 0 Å². The Balaban J connectivity index is 2.17. The maximum atomic E-state index is 3.95. The van der Waals surface area contributed by atoms with E-state index >= 15 is 0 Å². The van der Waals surface area contributed by atoms with Crippen LogP contribution in [0.4, 0.5) is 0 Å². The van der Waals surface area contributed by atoms with Crippen LogP contribution in [0.15, 0.2) is 73.3 Å². The van der Waals surface area contributed by atoms with E-state index in [4.69, 9.17) is 0 Å². The quantitative estimate of drug-likeness (QED) is 0.546. The Morgan fingerprint density at radius 3 is 2.11 bits per heavy atom. The van der Waals surface area contributed by atoms with Gasteiger partial charge in [-0.25, -0.2) is 0 Å². The summed E-state index contributed by atoms with van der Waals surface area (Å²) in [6.07, 6.45) is 1.99. The van der Waals surface area contributed by atoms with Crippen LogP contribution in [0.1, 0.15) is 24.0 Å². The third kappa shape index (κ3) is 3.60. The Morgan fingerprint density at radius 2 is 1.53 bits per heavy atom. The standard InChI is InChI=1S/C19H18/c1-3-19(18-12-8-5-9-13-18)16(2)14-15-17-10-6-4-7-11-17/h3-13,16,19H,1H2,2H3/t16-,19-/m1/s1. The lowest BCUT2D eigenvalue weighted by Gasteiger charge is -2.16. The maximum Gasteiger partial charge on any atom is 0.0281 e.